The number of hydrogen-bond donors (Lipinski definition) is 0. The van der Waals surface area contributed by atoms with Crippen molar-refractivity contribution in [1.82, 2.24) is 4.90 Å². The van der Waals surface area contributed by atoms with Crippen LogP contribution in [0.5, 0.6) is 0 Å². The lowest BCUT2D eigenvalue weighted by molar-refractivity contribution is 0.0198. The number of rotatable bonds is 2. The van der Waals surface area contributed by atoms with E-state index in [2.05, 4.69) is 0 Å². The van der Waals surface area contributed by atoms with Gasteiger partial charge >= 0.3 is 6.09 Å². The molecule has 1 unspecified atom stereocenters. The van der Waals surface area contributed by atoms with Gasteiger partial charge in [-0.2, -0.15) is 0 Å². The molecule has 1 saturated heterocycles. The van der Waals surface area contributed by atoms with Gasteiger partial charge in [-0.15, -0.1) is 0 Å². The predicted molar refractivity (Wildman–Crippen MR) is 73.9 cm³/mol. The van der Waals surface area contributed by atoms with Crippen molar-refractivity contribution in [2.75, 3.05) is 13.1 Å². The Balaban J connectivity index is 2.05. The molecule has 1 aromatic heterocycles. The van der Waals surface area contributed by atoms with E-state index in [1.54, 1.807) is 4.90 Å². The topological polar surface area (TPSA) is 59.8 Å². The van der Waals surface area contributed by atoms with Crippen LogP contribution in [0.2, 0.25) is 0 Å². The zero-order chi connectivity index (χ0) is 14.8. The van der Waals surface area contributed by atoms with Crippen molar-refractivity contribution in [2.24, 2.45) is 0 Å². The van der Waals surface area contributed by atoms with Gasteiger partial charge in [0.05, 0.1) is 6.26 Å². The summed E-state index contributed by atoms with van der Waals surface area (Å²) in [7, 11) is 0. The average Bonchev–Trinajstić information content (AvgIpc) is 2.85. The van der Waals surface area contributed by atoms with Crippen LogP contribution in [0.3, 0.4) is 0 Å². The Morgan fingerprint density at radius 2 is 2.25 bits per heavy atom. The molecule has 0 bridgehead atoms. The lowest BCUT2D eigenvalue weighted by Gasteiger charge is -2.34. The number of carbonyl (C=O) groups excluding carboxylic acids is 2. The highest BCUT2D eigenvalue weighted by molar-refractivity contribution is 5.73. The van der Waals surface area contributed by atoms with Crippen LogP contribution < -0.4 is 0 Å². The van der Waals surface area contributed by atoms with Crippen molar-refractivity contribution >= 4 is 12.4 Å². The Kier molecular flexibility index (Phi) is 4.16. The standard InChI is InChI=1S/C15H21NO4/c1-15(2,3)20-14(18)16-7-4-5-11(9-16)12-6-8-19-13(12)10-17/h6,8,10-11H,4-5,7,9H2,1-3H3. The van der Waals surface area contributed by atoms with Gasteiger partial charge in [0.15, 0.2) is 12.0 Å². The van der Waals surface area contributed by atoms with Gasteiger partial charge < -0.3 is 14.1 Å². The summed E-state index contributed by atoms with van der Waals surface area (Å²) in [6, 6.07) is 1.81. The van der Waals surface area contributed by atoms with Crippen LogP contribution in [0.1, 0.15) is 55.6 Å². The molecule has 2 heterocycles. The normalized spacial score (nSPS) is 19.8. The number of amides is 1. The van der Waals surface area contributed by atoms with Gasteiger partial charge in [0.1, 0.15) is 5.60 Å². The predicted octanol–water partition coefficient (Wildman–Crippen LogP) is 3.21. The largest absolute Gasteiger partial charge is 0.461 e. The third-order valence-corrected chi connectivity index (χ3v) is 3.35. The van der Waals surface area contributed by atoms with Crippen LogP contribution in [0, 0.1) is 0 Å². The van der Waals surface area contributed by atoms with Gasteiger partial charge in [-0.05, 0) is 39.7 Å². The minimum Gasteiger partial charge on any atom is -0.461 e. The number of aldehydes is 1. The van der Waals surface area contributed by atoms with Crippen LogP contribution in [0.25, 0.3) is 0 Å². The summed E-state index contributed by atoms with van der Waals surface area (Å²) in [6.07, 6.45) is 3.79. The van der Waals surface area contributed by atoms with Gasteiger partial charge in [-0.3, -0.25) is 4.79 Å². The molecule has 1 aliphatic heterocycles. The second-order valence-electron chi connectivity index (χ2n) is 6.12. The Morgan fingerprint density at radius 3 is 2.90 bits per heavy atom. The molecule has 5 heteroatoms. The number of piperidine rings is 1. The van der Waals surface area contributed by atoms with Crippen LogP contribution in [0.4, 0.5) is 4.79 Å². The highest BCUT2D eigenvalue weighted by Crippen LogP contribution is 2.30. The zero-order valence-corrected chi connectivity index (χ0v) is 12.2. The molecule has 0 spiro atoms. The molecule has 110 valence electrons. The highest BCUT2D eigenvalue weighted by atomic mass is 16.6. The summed E-state index contributed by atoms with van der Waals surface area (Å²) >= 11 is 0. The fraction of sp³-hybridized carbons (Fsp3) is 0.600. The molecule has 5 nitrogen and oxygen atoms in total. The summed E-state index contributed by atoms with van der Waals surface area (Å²) in [4.78, 5) is 24.7. The van der Waals surface area contributed by atoms with Crippen LogP contribution in [-0.2, 0) is 4.74 Å². The quantitative estimate of drug-likeness (QED) is 0.780. The fourth-order valence-electron chi connectivity index (χ4n) is 2.49. The summed E-state index contributed by atoms with van der Waals surface area (Å²) in [5.74, 6) is 0.497. The molecule has 0 saturated carbocycles. The molecule has 1 atom stereocenters. The number of nitrogens with zero attached hydrogens (tertiary/aromatic N) is 1. The first kappa shape index (κ1) is 14.6. The molecule has 0 radical (unpaired) electrons. The first-order valence-electron chi connectivity index (χ1n) is 6.91. The van der Waals surface area contributed by atoms with E-state index < -0.39 is 5.60 Å². The maximum Gasteiger partial charge on any atom is 0.410 e. The molecule has 0 aliphatic carbocycles. The van der Waals surface area contributed by atoms with Gasteiger partial charge in [-0.1, -0.05) is 0 Å². The fourth-order valence-corrected chi connectivity index (χ4v) is 2.49. The summed E-state index contributed by atoms with van der Waals surface area (Å²) < 4.78 is 10.5. The molecule has 1 aromatic rings. The van der Waals surface area contributed by atoms with Gasteiger partial charge in [-0.25, -0.2) is 4.79 Å². The van der Waals surface area contributed by atoms with E-state index >= 15 is 0 Å². The van der Waals surface area contributed by atoms with E-state index in [9.17, 15) is 9.59 Å². The highest BCUT2D eigenvalue weighted by Gasteiger charge is 2.29. The molecule has 1 fully saturated rings. The molecule has 20 heavy (non-hydrogen) atoms. The third-order valence-electron chi connectivity index (χ3n) is 3.35. The maximum atomic E-state index is 12.1. The molecule has 2 rings (SSSR count). The maximum absolute atomic E-state index is 12.1. The van der Waals surface area contributed by atoms with Gasteiger partial charge in [0, 0.05) is 24.6 Å². The lowest BCUT2D eigenvalue weighted by atomic mass is 9.91. The molecule has 0 N–H and O–H groups in total. The summed E-state index contributed by atoms with van der Waals surface area (Å²) in [5.41, 5.74) is 0.390. The van der Waals surface area contributed by atoms with E-state index in [-0.39, 0.29) is 12.0 Å². The molecule has 1 aliphatic rings. The average molecular weight is 279 g/mol. The van der Waals surface area contributed by atoms with E-state index in [4.69, 9.17) is 9.15 Å². The number of carbonyl (C=O) groups is 2. The molecule has 0 aromatic carbocycles. The Hall–Kier alpha value is -1.78. The second kappa shape index (κ2) is 5.69. The minimum atomic E-state index is -0.492. The van der Waals surface area contributed by atoms with Crippen LogP contribution >= 0.6 is 0 Å². The van der Waals surface area contributed by atoms with Crippen molar-refractivity contribution < 1.29 is 18.7 Å². The third kappa shape index (κ3) is 3.40. The number of hydrogen-bond acceptors (Lipinski definition) is 4. The first-order valence-corrected chi connectivity index (χ1v) is 6.91. The second-order valence-corrected chi connectivity index (χ2v) is 6.12. The van der Waals surface area contributed by atoms with E-state index in [1.807, 2.05) is 26.8 Å². The van der Waals surface area contributed by atoms with Crippen molar-refractivity contribution in [3.63, 3.8) is 0 Å². The van der Waals surface area contributed by atoms with Gasteiger partial charge in [0.25, 0.3) is 0 Å². The van der Waals surface area contributed by atoms with Crippen molar-refractivity contribution in [3.05, 3.63) is 23.7 Å². The number of likely N-dealkylation sites (tertiary alicyclic amines) is 1. The Labute approximate surface area is 118 Å². The smallest absolute Gasteiger partial charge is 0.410 e. The van der Waals surface area contributed by atoms with Crippen molar-refractivity contribution in [3.8, 4) is 0 Å². The van der Waals surface area contributed by atoms with Crippen LogP contribution in [-0.4, -0.2) is 36.0 Å². The van der Waals surface area contributed by atoms with Crippen molar-refractivity contribution in [1.29, 1.82) is 0 Å². The molecular formula is C15H21NO4. The zero-order valence-electron chi connectivity index (χ0n) is 12.2. The Morgan fingerprint density at radius 1 is 1.50 bits per heavy atom. The summed E-state index contributed by atoms with van der Waals surface area (Å²) in [5, 5.41) is 0. The molecular weight excluding hydrogens is 258 g/mol. The minimum absolute atomic E-state index is 0.134. The van der Waals surface area contributed by atoms with E-state index in [0.717, 1.165) is 24.7 Å². The number of furan rings is 1. The number of ether oxygens (including phenoxy) is 1. The Bertz CT molecular complexity index is 486. The van der Waals surface area contributed by atoms with E-state index in [0.29, 0.717) is 18.8 Å². The molecule has 1 amide bonds. The van der Waals surface area contributed by atoms with E-state index in [1.165, 1.54) is 6.26 Å². The SMILES string of the molecule is CC(C)(C)OC(=O)N1CCCC(c2ccoc2C=O)C1. The van der Waals surface area contributed by atoms with Crippen molar-refractivity contribution in [2.45, 2.75) is 45.1 Å². The van der Waals surface area contributed by atoms with Gasteiger partial charge in [0.2, 0.25) is 0 Å². The summed E-state index contributed by atoms with van der Waals surface area (Å²) in [6.45, 7) is 6.82. The van der Waals surface area contributed by atoms with Crippen LogP contribution in [0.15, 0.2) is 16.7 Å². The lowest BCUT2D eigenvalue weighted by Crippen LogP contribution is -2.42. The monoisotopic (exact) mass is 279 g/mol. The first-order chi connectivity index (χ1) is 9.40.